The van der Waals surface area contributed by atoms with Gasteiger partial charge in [0, 0.05) is 5.39 Å². The number of hydrazine groups is 1. The molecule has 0 aliphatic heterocycles. The number of carbonyl (C=O) groups is 2. The standard InChI is InChI=1S/C21H18N4O3/c1-14(28-17-11-9-15(13-22)10-12-17)20(26)24-25-21(27)23-19-8-4-6-16-5-2-3-7-18(16)19/h2-12,14H,1H3,(H,24,26)(H2,23,25,27)/t14-/m1/s1. The summed E-state index contributed by atoms with van der Waals surface area (Å²) in [5, 5.41) is 13.4. The van der Waals surface area contributed by atoms with Crippen LogP contribution in [0.5, 0.6) is 5.75 Å². The second-order valence-corrected chi connectivity index (χ2v) is 5.99. The molecular weight excluding hydrogens is 356 g/mol. The van der Waals surface area contributed by atoms with Gasteiger partial charge in [-0.25, -0.2) is 10.2 Å². The fourth-order valence-electron chi connectivity index (χ4n) is 2.57. The average Bonchev–Trinajstić information content (AvgIpc) is 2.73. The summed E-state index contributed by atoms with van der Waals surface area (Å²) >= 11 is 0. The van der Waals surface area contributed by atoms with Gasteiger partial charge in [0.2, 0.25) is 0 Å². The van der Waals surface area contributed by atoms with Gasteiger partial charge < -0.3 is 10.1 Å². The number of benzene rings is 3. The maximum absolute atomic E-state index is 12.1. The van der Waals surface area contributed by atoms with Crippen molar-refractivity contribution >= 4 is 28.4 Å². The van der Waals surface area contributed by atoms with E-state index < -0.39 is 18.0 Å². The van der Waals surface area contributed by atoms with Crippen LogP contribution in [0.1, 0.15) is 12.5 Å². The fraction of sp³-hybridized carbons (Fsp3) is 0.0952. The highest BCUT2D eigenvalue weighted by Crippen LogP contribution is 2.22. The Balaban J connectivity index is 1.53. The van der Waals surface area contributed by atoms with Crippen LogP contribution < -0.4 is 20.9 Å². The minimum atomic E-state index is -0.842. The molecule has 3 rings (SSSR count). The summed E-state index contributed by atoms with van der Waals surface area (Å²) in [7, 11) is 0. The minimum Gasteiger partial charge on any atom is -0.481 e. The largest absolute Gasteiger partial charge is 0.481 e. The van der Waals surface area contributed by atoms with Gasteiger partial charge in [0.1, 0.15) is 5.75 Å². The number of hydrogen-bond acceptors (Lipinski definition) is 4. The third kappa shape index (κ3) is 4.56. The molecule has 0 aromatic heterocycles. The summed E-state index contributed by atoms with van der Waals surface area (Å²) in [5.74, 6) is -0.0701. The summed E-state index contributed by atoms with van der Waals surface area (Å²) in [5.41, 5.74) is 5.75. The van der Waals surface area contributed by atoms with E-state index in [-0.39, 0.29) is 0 Å². The molecule has 0 fully saturated rings. The second-order valence-electron chi connectivity index (χ2n) is 5.99. The van der Waals surface area contributed by atoms with Gasteiger partial charge in [0.25, 0.3) is 5.91 Å². The normalized spacial score (nSPS) is 11.1. The van der Waals surface area contributed by atoms with E-state index in [1.54, 1.807) is 37.3 Å². The summed E-state index contributed by atoms with van der Waals surface area (Å²) in [6, 6.07) is 21.0. The number of nitrogens with zero attached hydrogens (tertiary/aromatic N) is 1. The van der Waals surface area contributed by atoms with E-state index in [1.165, 1.54) is 0 Å². The molecule has 0 heterocycles. The van der Waals surface area contributed by atoms with Crippen molar-refractivity contribution in [3.05, 3.63) is 72.3 Å². The van der Waals surface area contributed by atoms with Crippen molar-refractivity contribution in [2.45, 2.75) is 13.0 Å². The first-order valence-corrected chi connectivity index (χ1v) is 8.58. The number of hydrogen-bond donors (Lipinski definition) is 3. The van der Waals surface area contributed by atoms with Gasteiger partial charge in [-0.3, -0.25) is 10.2 Å². The Bertz CT molecular complexity index is 1040. The van der Waals surface area contributed by atoms with Crippen LogP contribution in [0.4, 0.5) is 10.5 Å². The third-order valence-electron chi connectivity index (χ3n) is 4.00. The molecule has 3 aromatic rings. The van der Waals surface area contributed by atoms with Gasteiger partial charge >= 0.3 is 6.03 Å². The number of rotatable bonds is 4. The van der Waals surface area contributed by atoms with Crippen molar-refractivity contribution in [1.82, 2.24) is 10.9 Å². The Kier molecular flexibility index (Phi) is 5.72. The summed E-state index contributed by atoms with van der Waals surface area (Å²) in [4.78, 5) is 24.2. The molecule has 7 heteroatoms. The first-order chi connectivity index (χ1) is 13.6. The number of anilines is 1. The Morgan fingerprint density at radius 2 is 1.68 bits per heavy atom. The topological polar surface area (TPSA) is 103 Å². The van der Waals surface area contributed by atoms with E-state index in [0.717, 1.165) is 10.8 Å². The molecule has 3 amide bonds. The summed E-state index contributed by atoms with van der Waals surface area (Å²) < 4.78 is 5.49. The number of nitriles is 1. The van der Waals surface area contributed by atoms with Crippen molar-refractivity contribution in [1.29, 1.82) is 5.26 Å². The van der Waals surface area contributed by atoms with Crippen LogP contribution in [0, 0.1) is 11.3 Å². The molecule has 140 valence electrons. The first kappa shape index (κ1) is 18.7. The van der Waals surface area contributed by atoms with Crippen LogP contribution in [0.3, 0.4) is 0 Å². The van der Waals surface area contributed by atoms with Gasteiger partial charge in [-0.2, -0.15) is 5.26 Å². The number of nitrogens with one attached hydrogen (secondary N) is 3. The van der Waals surface area contributed by atoms with Crippen molar-refractivity contribution in [3.8, 4) is 11.8 Å². The second kappa shape index (κ2) is 8.56. The van der Waals surface area contributed by atoms with Gasteiger partial charge in [-0.05, 0) is 42.6 Å². The Morgan fingerprint density at radius 1 is 0.964 bits per heavy atom. The summed E-state index contributed by atoms with van der Waals surface area (Å²) in [6.45, 7) is 1.55. The van der Waals surface area contributed by atoms with Crippen molar-refractivity contribution < 1.29 is 14.3 Å². The Labute approximate surface area is 161 Å². The van der Waals surface area contributed by atoms with Crippen LogP contribution in [-0.4, -0.2) is 18.0 Å². The van der Waals surface area contributed by atoms with Crippen LogP contribution in [0.15, 0.2) is 66.7 Å². The quantitative estimate of drug-likeness (QED) is 0.609. The molecule has 1 atom stereocenters. The van der Waals surface area contributed by atoms with E-state index in [0.29, 0.717) is 17.0 Å². The van der Waals surface area contributed by atoms with E-state index >= 15 is 0 Å². The molecule has 3 N–H and O–H groups in total. The molecule has 0 spiro atoms. The SMILES string of the molecule is C[C@@H](Oc1ccc(C#N)cc1)C(=O)NNC(=O)Nc1cccc2ccccc12. The third-order valence-corrected chi connectivity index (χ3v) is 4.00. The highest BCUT2D eigenvalue weighted by molar-refractivity contribution is 6.01. The highest BCUT2D eigenvalue weighted by atomic mass is 16.5. The number of fused-ring (bicyclic) bond motifs is 1. The maximum Gasteiger partial charge on any atom is 0.337 e. The minimum absolute atomic E-state index is 0.446. The molecule has 28 heavy (non-hydrogen) atoms. The lowest BCUT2D eigenvalue weighted by Gasteiger charge is -2.15. The average molecular weight is 374 g/mol. The van der Waals surface area contributed by atoms with Crippen LogP contribution in [0.2, 0.25) is 0 Å². The molecular formula is C21H18N4O3. The zero-order valence-electron chi connectivity index (χ0n) is 15.1. The van der Waals surface area contributed by atoms with Crippen molar-refractivity contribution in [2.75, 3.05) is 5.32 Å². The smallest absolute Gasteiger partial charge is 0.337 e. The molecule has 0 unspecified atom stereocenters. The first-order valence-electron chi connectivity index (χ1n) is 8.58. The van der Waals surface area contributed by atoms with Gasteiger partial charge in [0.05, 0.1) is 17.3 Å². The molecule has 0 aliphatic carbocycles. The molecule has 0 saturated carbocycles. The predicted octanol–water partition coefficient (Wildman–Crippen LogP) is 3.33. The highest BCUT2D eigenvalue weighted by Gasteiger charge is 2.15. The zero-order valence-corrected chi connectivity index (χ0v) is 15.1. The number of urea groups is 1. The molecule has 3 aromatic carbocycles. The number of carbonyl (C=O) groups excluding carboxylic acids is 2. The van der Waals surface area contributed by atoms with Gasteiger partial charge in [0.15, 0.2) is 6.10 Å². The number of ether oxygens (including phenoxy) is 1. The van der Waals surface area contributed by atoms with E-state index in [9.17, 15) is 9.59 Å². The fourth-order valence-corrected chi connectivity index (χ4v) is 2.57. The molecule has 0 bridgehead atoms. The van der Waals surface area contributed by atoms with Crippen LogP contribution >= 0.6 is 0 Å². The van der Waals surface area contributed by atoms with Gasteiger partial charge in [-0.15, -0.1) is 0 Å². The lowest BCUT2D eigenvalue weighted by molar-refractivity contribution is -0.127. The zero-order chi connectivity index (χ0) is 19.9. The van der Waals surface area contributed by atoms with E-state index in [2.05, 4.69) is 16.2 Å². The van der Waals surface area contributed by atoms with Crippen LogP contribution in [0.25, 0.3) is 10.8 Å². The van der Waals surface area contributed by atoms with Gasteiger partial charge in [-0.1, -0.05) is 36.4 Å². The Morgan fingerprint density at radius 3 is 2.43 bits per heavy atom. The van der Waals surface area contributed by atoms with Crippen molar-refractivity contribution in [3.63, 3.8) is 0 Å². The van der Waals surface area contributed by atoms with Crippen molar-refractivity contribution in [2.24, 2.45) is 0 Å². The molecule has 7 nitrogen and oxygen atoms in total. The van der Waals surface area contributed by atoms with E-state index in [4.69, 9.17) is 10.00 Å². The number of amides is 3. The molecule has 0 aliphatic rings. The lowest BCUT2D eigenvalue weighted by Crippen LogP contribution is -2.48. The molecule has 0 radical (unpaired) electrons. The predicted molar refractivity (Wildman–Crippen MR) is 105 cm³/mol. The molecule has 0 saturated heterocycles. The Hall–Kier alpha value is -4.05. The monoisotopic (exact) mass is 374 g/mol. The maximum atomic E-state index is 12.1. The summed E-state index contributed by atoms with van der Waals surface area (Å²) in [6.07, 6.45) is -0.842. The van der Waals surface area contributed by atoms with E-state index in [1.807, 2.05) is 42.5 Å². The lowest BCUT2D eigenvalue weighted by atomic mass is 10.1. The van der Waals surface area contributed by atoms with Crippen LogP contribution in [-0.2, 0) is 4.79 Å².